The van der Waals surface area contributed by atoms with Gasteiger partial charge in [0.15, 0.2) is 0 Å². The quantitative estimate of drug-likeness (QED) is 0.524. The summed E-state index contributed by atoms with van der Waals surface area (Å²) >= 11 is 0. The minimum absolute atomic E-state index is 0.0450. The average molecular weight is 200 g/mol. The van der Waals surface area contributed by atoms with Crippen LogP contribution in [-0.4, -0.2) is 23.7 Å². The number of esters is 1. The SMILES string of the molecule is CCCOC(=O)/C=C(\C)CCC(=O)O. The molecular formula is C10H16O4. The second-order valence-electron chi connectivity index (χ2n) is 3.05. The van der Waals surface area contributed by atoms with E-state index >= 15 is 0 Å². The zero-order chi connectivity index (χ0) is 11.0. The zero-order valence-corrected chi connectivity index (χ0v) is 8.58. The van der Waals surface area contributed by atoms with Crippen LogP contribution in [0.2, 0.25) is 0 Å². The summed E-state index contributed by atoms with van der Waals surface area (Å²) in [6.45, 7) is 4.03. The Morgan fingerprint density at radius 3 is 2.50 bits per heavy atom. The molecule has 0 radical (unpaired) electrons. The maximum Gasteiger partial charge on any atom is 0.330 e. The lowest BCUT2D eigenvalue weighted by Crippen LogP contribution is -2.03. The van der Waals surface area contributed by atoms with Gasteiger partial charge in [-0.3, -0.25) is 4.79 Å². The first-order valence-electron chi connectivity index (χ1n) is 4.62. The molecule has 0 aromatic heterocycles. The first-order chi connectivity index (χ1) is 6.56. The molecule has 0 saturated carbocycles. The van der Waals surface area contributed by atoms with Crippen LogP contribution in [0, 0.1) is 0 Å². The standard InChI is InChI=1S/C10H16O4/c1-3-6-14-10(13)7-8(2)4-5-9(11)12/h7H,3-6H2,1-2H3,(H,11,12)/b8-7+. The average Bonchev–Trinajstić information content (AvgIpc) is 2.11. The lowest BCUT2D eigenvalue weighted by atomic mass is 10.1. The molecule has 0 aliphatic rings. The summed E-state index contributed by atoms with van der Waals surface area (Å²) in [5.74, 6) is -1.26. The van der Waals surface area contributed by atoms with Crippen LogP contribution < -0.4 is 0 Å². The van der Waals surface area contributed by atoms with E-state index in [-0.39, 0.29) is 6.42 Å². The summed E-state index contributed by atoms with van der Waals surface area (Å²) in [4.78, 5) is 21.2. The molecule has 1 N–H and O–H groups in total. The maximum absolute atomic E-state index is 11.0. The van der Waals surface area contributed by atoms with Crippen LogP contribution in [0.4, 0.5) is 0 Å². The third kappa shape index (κ3) is 7.34. The van der Waals surface area contributed by atoms with Crippen molar-refractivity contribution in [2.75, 3.05) is 6.61 Å². The Morgan fingerprint density at radius 1 is 1.36 bits per heavy atom. The molecule has 0 heterocycles. The van der Waals surface area contributed by atoms with Gasteiger partial charge in [0.25, 0.3) is 0 Å². The van der Waals surface area contributed by atoms with Crippen molar-refractivity contribution in [2.45, 2.75) is 33.1 Å². The molecule has 0 fully saturated rings. The smallest absolute Gasteiger partial charge is 0.330 e. The van der Waals surface area contributed by atoms with Gasteiger partial charge in [-0.25, -0.2) is 4.79 Å². The van der Waals surface area contributed by atoms with Gasteiger partial charge in [-0.2, -0.15) is 0 Å². The molecule has 0 saturated heterocycles. The van der Waals surface area contributed by atoms with E-state index in [0.717, 1.165) is 12.0 Å². The summed E-state index contributed by atoms with van der Waals surface area (Å²) in [5.41, 5.74) is 0.730. The molecule has 0 aromatic carbocycles. The van der Waals surface area contributed by atoms with Gasteiger partial charge in [-0.1, -0.05) is 12.5 Å². The Balaban J connectivity index is 3.84. The molecule has 0 aliphatic carbocycles. The highest BCUT2D eigenvalue weighted by Gasteiger charge is 2.01. The van der Waals surface area contributed by atoms with Crippen molar-refractivity contribution in [2.24, 2.45) is 0 Å². The van der Waals surface area contributed by atoms with Crippen molar-refractivity contribution < 1.29 is 19.4 Å². The van der Waals surface area contributed by atoms with Crippen molar-refractivity contribution in [3.63, 3.8) is 0 Å². The highest BCUT2D eigenvalue weighted by Crippen LogP contribution is 2.04. The number of carboxylic acid groups (broad SMARTS) is 1. The number of aliphatic carboxylic acids is 1. The number of carboxylic acids is 1. The van der Waals surface area contributed by atoms with Crippen LogP contribution in [0.3, 0.4) is 0 Å². The monoisotopic (exact) mass is 200 g/mol. The van der Waals surface area contributed by atoms with Crippen molar-refractivity contribution in [1.29, 1.82) is 0 Å². The van der Waals surface area contributed by atoms with E-state index < -0.39 is 11.9 Å². The van der Waals surface area contributed by atoms with Crippen LogP contribution in [0.15, 0.2) is 11.6 Å². The maximum atomic E-state index is 11.0. The fourth-order valence-electron chi connectivity index (χ4n) is 0.822. The number of carbonyl (C=O) groups is 2. The van der Waals surface area contributed by atoms with Crippen LogP contribution in [0.1, 0.15) is 33.1 Å². The Labute approximate surface area is 83.6 Å². The third-order valence-electron chi connectivity index (χ3n) is 1.55. The normalized spacial score (nSPS) is 11.1. The van der Waals surface area contributed by atoms with E-state index in [4.69, 9.17) is 9.84 Å². The van der Waals surface area contributed by atoms with Gasteiger partial charge in [0, 0.05) is 12.5 Å². The van der Waals surface area contributed by atoms with Gasteiger partial charge < -0.3 is 9.84 Å². The second-order valence-corrected chi connectivity index (χ2v) is 3.05. The highest BCUT2D eigenvalue weighted by atomic mass is 16.5. The van der Waals surface area contributed by atoms with E-state index in [9.17, 15) is 9.59 Å². The molecule has 0 atom stereocenters. The summed E-state index contributed by atoms with van der Waals surface area (Å²) in [5, 5.41) is 8.39. The molecule has 0 unspecified atom stereocenters. The van der Waals surface area contributed by atoms with Crippen LogP contribution >= 0.6 is 0 Å². The number of hydrogen-bond acceptors (Lipinski definition) is 3. The number of carbonyl (C=O) groups excluding carboxylic acids is 1. The van der Waals surface area contributed by atoms with Crippen molar-refractivity contribution in [3.8, 4) is 0 Å². The number of rotatable bonds is 6. The zero-order valence-electron chi connectivity index (χ0n) is 8.58. The first-order valence-corrected chi connectivity index (χ1v) is 4.62. The van der Waals surface area contributed by atoms with Crippen LogP contribution in [-0.2, 0) is 14.3 Å². The van der Waals surface area contributed by atoms with E-state index in [1.807, 2.05) is 6.92 Å². The van der Waals surface area contributed by atoms with Gasteiger partial charge in [-0.15, -0.1) is 0 Å². The topological polar surface area (TPSA) is 63.6 Å². The number of ether oxygens (including phenoxy) is 1. The highest BCUT2D eigenvalue weighted by molar-refractivity contribution is 5.82. The first kappa shape index (κ1) is 12.7. The molecule has 0 amide bonds. The molecule has 0 bridgehead atoms. The molecule has 80 valence electrons. The number of hydrogen-bond donors (Lipinski definition) is 1. The summed E-state index contributed by atoms with van der Waals surface area (Å²) in [6, 6.07) is 0. The van der Waals surface area contributed by atoms with Crippen LogP contribution in [0.5, 0.6) is 0 Å². The van der Waals surface area contributed by atoms with Gasteiger partial charge >= 0.3 is 11.9 Å². The predicted octanol–water partition coefficient (Wildman–Crippen LogP) is 1.75. The Bertz CT molecular complexity index is 230. The second kappa shape index (κ2) is 7.12. The van der Waals surface area contributed by atoms with E-state index in [0.29, 0.717) is 13.0 Å². The van der Waals surface area contributed by atoms with Gasteiger partial charge in [-0.05, 0) is 19.8 Å². The summed E-state index contributed by atoms with van der Waals surface area (Å²) in [7, 11) is 0. The number of allylic oxidation sites excluding steroid dienone is 1. The molecule has 0 rings (SSSR count). The molecule has 0 aliphatic heterocycles. The third-order valence-corrected chi connectivity index (χ3v) is 1.55. The van der Waals surface area contributed by atoms with E-state index in [2.05, 4.69) is 0 Å². The Kier molecular flexibility index (Phi) is 6.45. The summed E-state index contributed by atoms with van der Waals surface area (Å²) in [6.07, 6.45) is 2.56. The molecule has 14 heavy (non-hydrogen) atoms. The fourth-order valence-corrected chi connectivity index (χ4v) is 0.822. The van der Waals surface area contributed by atoms with Crippen molar-refractivity contribution >= 4 is 11.9 Å². The van der Waals surface area contributed by atoms with E-state index in [1.54, 1.807) is 6.92 Å². The van der Waals surface area contributed by atoms with Crippen molar-refractivity contribution in [1.82, 2.24) is 0 Å². The van der Waals surface area contributed by atoms with Crippen molar-refractivity contribution in [3.05, 3.63) is 11.6 Å². The Morgan fingerprint density at radius 2 is 2.00 bits per heavy atom. The largest absolute Gasteiger partial charge is 0.481 e. The fraction of sp³-hybridized carbons (Fsp3) is 0.600. The molecule has 4 heteroatoms. The van der Waals surface area contributed by atoms with Gasteiger partial charge in [0.1, 0.15) is 0 Å². The molecular weight excluding hydrogens is 184 g/mol. The lowest BCUT2D eigenvalue weighted by molar-refractivity contribution is -0.138. The minimum atomic E-state index is -0.861. The summed E-state index contributed by atoms with van der Waals surface area (Å²) < 4.78 is 4.81. The van der Waals surface area contributed by atoms with E-state index in [1.165, 1.54) is 6.08 Å². The van der Waals surface area contributed by atoms with Gasteiger partial charge in [0.2, 0.25) is 0 Å². The molecule has 0 spiro atoms. The Hall–Kier alpha value is -1.32. The van der Waals surface area contributed by atoms with Crippen LogP contribution in [0.25, 0.3) is 0 Å². The predicted molar refractivity (Wildman–Crippen MR) is 51.9 cm³/mol. The molecule has 4 nitrogen and oxygen atoms in total. The minimum Gasteiger partial charge on any atom is -0.481 e. The lowest BCUT2D eigenvalue weighted by Gasteiger charge is -2.00. The van der Waals surface area contributed by atoms with Gasteiger partial charge in [0.05, 0.1) is 6.61 Å². The molecule has 0 aromatic rings.